The van der Waals surface area contributed by atoms with Crippen molar-refractivity contribution in [3.63, 3.8) is 0 Å². The molecule has 0 saturated heterocycles. The number of ether oxygens (including phenoxy) is 1. The summed E-state index contributed by atoms with van der Waals surface area (Å²) in [4.78, 5) is 25.0. The molecule has 1 fully saturated rings. The molecule has 5 rings (SSSR count). The average Bonchev–Trinajstić information content (AvgIpc) is 3.59. The molecule has 3 atom stereocenters. The lowest BCUT2D eigenvalue weighted by Crippen LogP contribution is -2.42. The fourth-order valence-corrected chi connectivity index (χ4v) is 5.95. The Hall–Kier alpha value is -2.51. The lowest BCUT2D eigenvalue weighted by Gasteiger charge is -2.25. The van der Waals surface area contributed by atoms with E-state index in [1.807, 2.05) is 0 Å². The number of benzene rings is 3. The van der Waals surface area contributed by atoms with Crippen molar-refractivity contribution in [3.05, 3.63) is 85.1 Å². The molecule has 3 aromatic rings. The second-order valence-electron chi connectivity index (χ2n) is 8.84. The normalized spacial score (nSPS) is 18.5. The Labute approximate surface area is 226 Å². The van der Waals surface area contributed by atoms with Crippen LogP contribution < -0.4 is 10.1 Å². The SMILES string of the molecule is O=C(NC(Cc1ccc(-c2c(Cl)cc(F)cc2Cl)c2c1[C@H]1C[C@H]1CO2)C(=O)O)c1c(Cl)cccc1Cl. The van der Waals surface area contributed by atoms with Crippen LogP contribution >= 0.6 is 46.4 Å². The van der Waals surface area contributed by atoms with E-state index in [1.54, 1.807) is 18.2 Å². The molecular formula is C26H18Cl4FNO4. The molecule has 2 aliphatic rings. The number of amides is 1. The van der Waals surface area contributed by atoms with E-state index in [4.69, 9.17) is 51.1 Å². The molecule has 1 unspecified atom stereocenters. The van der Waals surface area contributed by atoms with Gasteiger partial charge >= 0.3 is 5.97 Å². The van der Waals surface area contributed by atoms with Gasteiger partial charge in [-0.1, -0.05) is 64.6 Å². The molecule has 186 valence electrons. The summed E-state index contributed by atoms with van der Waals surface area (Å²) in [7, 11) is 0. The van der Waals surface area contributed by atoms with Crippen LogP contribution in [0.15, 0.2) is 42.5 Å². The largest absolute Gasteiger partial charge is 0.492 e. The maximum Gasteiger partial charge on any atom is 0.326 e. The molecule has 0 radical (unpaired) electrons. The number of hydrogen-bond donors (Lipinski definition) is 2. The first-order valence-electron chi connectivity index (χ1n) is 11.1. The van der Waals surface area contributed by atoms with Crippen LogP contribution in [0.25, 0.3) is 11.1 Å². The van der Waals surface area contributed by atoms with Gasteiger partial charge in [-0.15, -0.1) is 0 Å². The predicted octanol–water partition coefficient (Wildman–Crippen LogP) is 7.03. The highest BCUT2D eigenvalue weighted by Crippen LogP contribution is 2.58. The molecule has 1 saturated carbocycles. The fraction of sp³-hybridized carbons (Fsp3) is 0.231. The molecule has 1 aliphatic heterocycles. The highest BCUT2D eigenvalue weighted by Gasteiger charge is 2.46. The highest BCUT2D eigenvalue weighted by molar-refractivity contribution is 6.40. The van der Waals surface area contributed by atoms with Gasteiger partial charge in [0.2, 0.25) is 0 Å². The third kappa shape index (κ3) is 4.63. The number of carboxylic acid groups (broad SMARTS) is 1. The van der Waals surface area contributed by atoms with E-state index < -0.39 is 23.7 Å². The van der Waals surface area contributed by atoms with Gasteiger partial charge in [-0.3, -0.25) is 4.79 Å². The van der Waals surface area contributed by atoms with Gasteiger partial charge in [0.25, 0.3) is 5.91 Å². The maximum absolute atomic E-state index is 13.8. The van der Waals surface area contributed by atoms with Crippen LogP contribution in [0.1, 0.15) is 33.8 Å². The summed E-state index contributed by atoms with van der Waals surface area (Å²) in [5, 5.41) is 13.0. The van der Waals surface area contributed by atoms with Crippen molar-refractivity contribution >= 4 is 58.3 Å². The number of fused-ring (bicyclic) bond motifs is 3. The number of aliphatic carboxylic acids is 1. The van der Waals surface area contributed by atoms with E-state index in [0.717, 1.165) is 12.0 Å². The molecule has 1 heterocycles. The Balaban J connectivity index is 1.52. The topological polar surface area (TPSA) is 75.6 Å². The predicted molar refractivity (Wildman–Crippen MR) is 137 cm³/mol. The zero-order valence-electron chi connectivity index (χ0n) is 18.5. The van der Waals surface area contributed by atoms with Crippen LogP contribution in [-0.2, 0) is 11.2 Å². The van der Waals surface area contributed by atoms with Crippen LogP contribution in [0.5, 0.6) is 5.75 Å². The lowest BCUT2D eigenvalue weighted by atomic mass is 9.89. The van der Waals surface area contributed by atoms with Crippen molar-refractivity contribution in [2.24, 2.45) is 5.92 Å². The van der Waals surface area contributed by atoms with Crippen molar-refractivity contribution < 1.29 is 23.8 Å². The van der Waals surface area contributed by atoms with Crippen LogP contribution in [0, 0.1) is 11.7 Å². The maximum atomic E-state index is 13.8. The number of hydrogen-bond acceptors (Lipinski definition) is 3. The minimum Gasteiger partial charge on any atom is -0.492 e. The van der Waals surface area contributed by atoms with Crippen molar-refractivity contribution in [2.75, 3.05) is 6.61 Å². The fourth-order valence-electron chi connectivity index (χ4n) is 4.72. The highest BCUT2D eigenvalue weighted by atomic mass is 35.5. The second-order valence-corrected chi connectivity index (χ2v) is 10.5. The standard InChI is InChI=1S/C26H18Cl4FNO4/c27-16-2-1-3-17(28)23(16)25(33)32-20(26(34)35)7-11-4-5-14(22-18(29)8-13(31)9-19(22)30)24-21(11)15-6-12(15)10-36-24/h1-5,8-9,12,15,20H,6-7,10H2,(H,32,33)(H,34,35)/t12-,15-,20?/m0/s1. The number of carboxylic acids is 1. The zero-order chi connectivity index (χ0) is 25.7. The molecule has 0 spiro atoms. The van der Waals surface area contributed by atoms with E-state index in [1.165, 1.54) is 24.3 Å². The smallest absolute Gasteiger partial charge is 0.326 e. The first kappa shape index (κ1) is 25.2. The van der Waals surface area contributed by atoms with Crippen LogP contribution in [-0.4, -0.2) is 29.6 Å². The molecule has 0 aromatic heterocycles. The van der Waals surface area contributed by atoms with Gasteiger partial charge in [0.1, 0.15) is 17.6 Å². The Bertz CT molecular complexity index is 1370. The van der Waals surface area contributed by atoms with Gasteiger partial charge in [-0.2, -0.15) is 0 Å². The Morgan fingerprint density at radius 1 is 1.06 bits per heavy atom. The van der Waals surface area contributed by atoms with Crippen molar-refractivity contribution in [1.82, 2.24) is 5.32 Å². The second kappa shape index (κ2) is 9.75. The number of halogens is 5. The Morgan fingerprint density at radius 3 is 2.36 bits per heavy atom. The van der Waals surface area contributed by atoms with Crippen molar-refractivity contribution in [1.29, 1.82) is 0 Å². The van der Waals surface area contributed by atoms with Crippen LogP contribution in [0.2, 0.25) is 20.1 Å². The van der Waals surface area contributed by atoms with E-state index in [2.05, 4.69) is 5.32 Å². The van der Waals surface area contributed by atoms with Crippen LogP contribution in [0.3, 0.4) is 0 Å². The first-order chi connectivity index (χ1) is 17.2. The van der Waals surface area contributed by atoms with E-state index in [-0.39, 0.29) is 38.0 Å². The number of carbonyl (C=O) groups excluding carboxylic acids is 1. The average molecular weight is 569 g/mol. The summed E-state index contributed by atoms with van der Waals surface area (Å²) in [6, 6.07) is 9.22. The summed E-state index contributed by atoms with van der Waals surface area (Å²) in [6.45, 7) is 0.509. The third-order valence-corrected chi connectivity index (χ3v) is 7.74. The minimum absolute atomic E-state index is 0.00319. The van der Waals surface area contributed by atoms with Crippen molar-refractivity contribution in [2.45, 2.75) is 24.8 Å². The number of carbonyl (C=O) groups is 2. The first-order valence-corrected chi connectivity index (χ1v) is 12.6. The van der Waals surface area contributed by atoms with Crippen LogP contribution in [0.4, 0.5) is 4.39 Å². The molecule has 36 heavy (non-hydrogen) atoms. The molecular weight excluding hydrogens is 551 g/mol. The Morgan fingerprint density at radius 2 is 1.72 bits per heavy atom. The van der Waals surface area contributed by atoms with E-state index in [0.29, 0.717) is 35.0 Å². The van der Waals surface area contributed by atoms with Gasteiger partial charge in [0.05, 0.1) is 32.3 Å². The molecule has 0 bridgehead atoms. The van der Waals surface area contributed by atoms with Gasteiger partial charge in [-0.25, -0.2) is 9.18 Å². The monoisotopic (exact) mass is 567 g/mol. The lowest BCUT2D eigenvalue weighted by molar-refractivity contribution is -0.139. The molecule has 1 aliphatic carbocycles. The summed E-state index contributed by atoms with van der Waals surface area (Å²) in [5.41, 5.74) is 2.63. The quantitative estimate of drug-likeness (QED) is 0.335. The number of nitrogens with one attached hydrogen (secondary N) is 1. The van der Waals surface area contributed by atoms with Crippen molar-refractivity contribution in [3.8, 4) is 16.9 Å². The summed E-state index contributed by atoms with van der Waals surface area (Å²) >= 11 is 24.9. The molecule has 1 amide bonds. The summed E-state index contributed by atoms with van der Waals surface area (Å²) in [6.07, 6.45) is 0.900. The van der Waals surface area contributed by atoms with Gasteiger partial charge in [0, 0.05) is 29.0 Å². The molecule has 3 aromatic carbocycles. The zero-order valence-corrected chi connectivity index (χ0v) is 21.5. The molecule has 5 nitrogen and oxygen atoms in total. The van der Waals surface area contributed by atoms with Gasteiger partial charge in [-0.05, 0) is 42.2 Å². The number of rotatable bonds is 6. The third-order valence-electron chi connectivity index (χ3n) is 6.52. The molecule has 2 N–H and O–H groups in total. The summed E-state index contributed by atoms with van der Waals surface area (Å²) < 4.78 is 19.9. The Kier molecular flexibility index (Phi) is 6.81. The minimum atomic E-state index is -1.25. The van der Waals surface area contributed by atoms with E-state index in [9.17, 15) is 19.1 Å². The molecule has 10 heteroatoms. The van der Waals surface area contributed by atoms with Gasteiger partial charge in [0.15, 0.2) is 0 Å². The van der Waals surface area contributed by atoms with Gasteiger partial charge < -0.3 is 15.2 Å². The van der Waals surface area contributed by atoms with E-state index >= 15 is 0 Å². The summed E-state index contributed by atoms with van der Waals surface area (Å²) in [5.74, 6) is -1.39.